The van der Waals surface area contributed by atoms with Gasteiger partial charge in [-0.25, -0.2) is 0 Å². The lowest BCUT2D eigenvalue weighted by molar-refractivity contribution is 0.558. The van der Waals surface area contributed by atoms with E-state index in [0.717, 1.165) is 24.9 Å². The molecule has 2 nitrogen and oxygen atoms in total. The SMILES string of the molecule is N#CC1(CNCc2ccc(Cl)cc2Cl)CC1. The quantitative estimate of drug-likeness (QED) is 0.895. The first-order chi connectivity index (χ1) is 7.65. The van der Waals surface area contributed by atoms with Crippen molar-refractivity contribution in [3.63, 3.8) is 0 Å². The van der Waals surface area contributed by atoms with Crippen LogP contribution in [0.1, 0.15) is 18.4 Å². The van der Waals surface area contributed by atoms with Gasteiger partial charge in [-0.2, -0.15) is 5.26 Å². The third kappa shape index (κ3) is 2.68. The molecule has 0 heterocycles. The van der Waals surface area contributed by atoms with Gasteiger partial charge >= 0.3 is 0 Å². The maximum Gasteiger partial charge on any atom is 0.0703 e. The molecule has 84 valence electrons. The van der Waals surface area contributed by atoms with Crippen molar-refractivity contribution in [2.24, 2.45) is 5.41 Å². The zero-order valence-corrected chi connectivity index (χ0v) is 10.3. The Morgan fingerprint density at radius 2 is 2.12 bits per heavy atom. The second-order valence-corrected chi connectivity index (χ2v) is 5.08. The Labute approximate surface area is 105 Å². The van der Waals surface area contributed by atoms with E-state index in [1.54, 1.807) is 6.07 Å². The summed E-state index contributed by atoms with van der Waals surface area (Å²) in [4.78, 5) is 0. The Bertz CT molecular complexity index is 433. The molecule has 0 bridgehead atoms. The number of nitrogens with one attached hydrogen (secondary N) is 1. The smallest absolute Gasteiger partial charge is 0.0703 e. The first-order valence-corrected chi connectivity index (χ1v) is 5.97. The molecule has 1 saturated carbocycles. The number of nitrogens with zero attached hydrogens (tertiary/aromatic N) is 1. The van der Waals surface area contributed by atoms with Crippen LogP contribution in [0.15, 0.2) is 18.2 Å². The average molecular weight is 255 g/mol. The van der Waals surface area contributed by atoms with E-state index in [1.807, 2.05) is 12.1 Å². The summed E-state index contributed by atoms with van der Waals surface area (Å²) in [6, 6.07) is 7.81. The van der Waals surface area contributed by atoms with Gasteiger partial charge in [-0.1, -0.05) is 29.3 Å². The van der Waals surface area contributed by atoms with Crippen LogP contribution in [0, 0.1) is 16.7 Å². The van der Waals surface area contributed by atoms with Crippen molar-refractivity contribution < 1.29 is 0 Å². The van der Waals surface area contributed by atoms with Crippen molar-refractivity contribution >= 4 is 23.2 Å². The largest absolute Gasteiger partial charge is 0.311 e. The normalized spacial score (nSPS) is 16.8. The fraction of sp³-hybridized carbons (Fsp3) is 0.417. The van der Waals surface area contributed by atoms with Crippen molar-refractivity contribution in [2.45, 2.75) is 19.4 Å². The van der Waals surface area contributed by atoms with Gasteiger partial charge in [-0.15, -0.1) is 0 Å². The molecule has 0 aromatic heterocycles. The predicted molar refractivity (Wildman–Crippen MR) is 65.4 cm³/mol. The van der Waals surface area contributed by atoms with Crippen molar-refractivity contribution in [2.75, 3.05) is 6.54 Å². The van der Waals surface area contributed by atoms with Gasteiger partial charge in [-0.3, -0.25) is 0 Å². The first-order valence-electron chi connectivity index (χ1n) is 5.21. The Balaban J connectivity index is 1.88. The fourth-order valence-corrected chi connectivity index (χ4v) is 2.06. The highest BCUT2D eigenvalue weighted by Crippen LogP contribution is 2.44. The number of nitriles is 1. The second kappa shape index (κ2) is 4.63. The summed E-state index contributed by atoms with van der Waals surface area (Å²) in [7, 11) is 0. The monoisotopic (exact) mass is 254 g/mol. The Hall–Kier alpha value is -0.750. The van der Waals surface area contributed by atoms with Crippen LogP contribution in [0.25, 0.3) is 0 Å². The van der Waals surface area contributed by atoms with Crippen LogP contribution in [0.4, 0.5) is 0 Å². The average Bonchev–Trinajstić information content (AvgIpc) is 3.02. The van der Waals surface area contributed by atoms with Gasteiger partial charge in [-0.05, 0) is 30.5 Å². The summed E-state index contributed by atoms with van der Waals surface area (Å²) in [6.45, 7) is 1.42. The van der Waals surface area contributed by atoms with Crippen molar-refractivity contribution in [3.8, 4) is 6.07 Å². The Morgan fingerprint density at radius 3 is 2.69 bits per heavy atom. The van der Waals surface area contributed by atoms with Gasteiger partial charge < -0.3 is 5.32 Å². The molecule has 1 aliphatic rings. The van der Waals surface area contributed by atoms with Gasteiger partial charge in [0.2, 0.25) is 0 Å². The van der Waals surface area contributed by atoms with Crippen LogP contribution in [-0.4, -0.2) is 6.54 Å². The Morgan fingerprint density at radius 1 is 1.38 bits per heavy atom. The maximum absolute atomic E-state index is 8.91. The minimum Gasteiger partial charge on any atom is -0.311 e. The lowest BCUT2D eigenvalue weighted by Gasteiger charge is -2.09. The molecule has 1 aromatic rings. The zero-order valence-electron chi connectivity index (χ0n) is 8.76. The number of rotatable bonds is 4. The molecule has 1 N–H and O–H groups in total. The van der Waals surface area contributed by atoms with E-state index >= 15 is 0 Å². The topological polar surface area (TPSA) is 35.8 Å². The van der Waals surface area contributed by atoms with Crippen LogP contribution in [0.5, 0.6) is 0 Å². The van der Waals surface area contributed by atoms with Crippen LogP contribution in [-0.2, 0) is 6.54 Å². The van der Waals surface area contributed by atoms with Crippen LogP contribution in [0.3, 0.4) is 0 Å². The van der Waals surface area contributed by atoms with E-state index < -0.39 is 0 Å². The molecule has 0 aliphatic heterocycles. The van der Waals surface area contributed by atoms with Crippen molar-refractivity contribution in [3.05, 3.63) is 33.8 Å². The molecule has 0 saturated heterocycles. The minimum absolute atomic E-state index is 0.112. The van der Waals surface area contributed by atoms with E-state index in [2.05, 4.69) is 11.4 Å². The zero-order chi connectivity index (χ0) is 11.6. The number of hydrogen-bond acceptors (Lipinski definition) is 2. The summed E-state index contributed by atoms with van der Waals surface area (Å²) >= 11 is 11.8. The van der Waals surface area contributed by atoms with Gasteiger partial charge in [0, 0.05) is 23.1 Å². The second-order valence-electron chi connectivity index (χ2n) is 4.23. The van der Waals surface area contributed by atoms with Gasteiger partial charge in [0.25, 0.3) is 0 Å². The van der Waals surface area contributed by atoms with Crippen LogP contribution < -0.4 is 5.32 Å². The van der Waals surface area contributed by atoms with Crippen molar-refractivity contribution in [1.82, 2.24) is 5.32 Å². The summed E-state index contributed by atoms with van der Waals surface area (Å²) in [5, 5.41) is 13.5. The van der Waals surface area contributed by atoms with E-state index in [1.165, 1.54) is 0 Å². The van der Waals surface area contributed by atoms with E-state index in [-0.39, 0.29) is 5.41 Å². The Kier molecular flexibility index (Phi) is 3.39. The third-order valence-corrected chi connectivity index (χ3v) is 3.47. The molecule has 1 aromatic carbocycles. The molecule has 0 amide bonds. The fourth-order valence-electron chi connectivity index (χ4n) is 1.58. The van der Waals surface area contributed by atoms with E-state index in [9.17, 15) is 0 Å². The molecule has 2 rings (SSSR count). The summed E-state index contributed by atoms with van der Waals surface area (Å²) in [6.07, 6.45) is 2.01. The van der Waals surface area contributed by atoms with E-state index in [4.69, 9.17) is 28.5 Å². The van der Waals surface area contributed by atoms with Crippen molar-refractivity contribution in [1.29, 1.82) is 5.26 Å². The van der Waals surface area contributed by atoms with E-state index in [0.29, 0.717) is 16.6 Å². The summed E-state index contributed by atoms with van der Waals surface area (Å²) < 4.78 is 0. The van der Waals surface area contributed by atoms with Gasteiger partial charge in [0.05, 0.1) is 11.5 Å². The van der Waals surface area contributed by atoms with Gasteiger partial charge in [0.15, 0.2) is 0 Å². The molecule has 1 aliphatic carbocycles. The molecule has 0 unspecified atom stereocenters. The lowest BCUT2D eigenvalue weighted by atomic mass is 10.1. The summed E-state index contributed by atoms with van der Waals surface area (Å²) in [5.41, 5.74) is 0.902. The molecule has 4 heteroatoms. The van der Waals surface area contributed by atoms with Gasteiger partial charge in [0.1, 0.15) is 0 Å². The standard InChI is InChI=1S/C12H12Cl2N2/c13-10-2-1-9(11(14)5-10)6-16-8-12(7-15)3-4-12/h1-2,5,16H,3-4,6,8H2. The van der Waals surface area contributed by atoms with Crippen LogP contribution >= 0.6 is 23.2 Å². The first kappa shape index (κ1) is 11.7. The minimum atomic E-state index is -0.112. The number of hydrogen-bond donors (Lipinski definition) is 1. The summed E-state index contributed by atoms with van der Waals surface area (Å²) in [5.74, 6) is 0. The predicted octanol–water partition coefficient (Wildman–Crippen LogP) is 3.39. The number of benzene rings is 1. The molecule has 0 radical (unpaired) electrons. The third-order valence-electron chi connectivity index (χ3n) is 2.88. The maximum atomic E-state index is 8.91. The molecule has 1 fully saturated rings. The highest BCUT2D eigenvalue weighted by molar-refractivity contribution is 6.35. The number of halogens is 2. The molecular formula is C12H12Cl2N2. The lowest BCUT2D eigenvalue weighted by Crippen LogP contribution is -2.22. The molecule has 0 spiro atoms. The molecule has 0 atom stereocenters. The highest BCUT2D eigenvalue weighted by atomic mass is 35.5. The molecule has 16 heavy (non-hydrogen) atoms. The highest BCUT2D eigenvalue weighted by Gasteiger charge is 2.42. The molecular weight excluding hydrogens is 243 g/mol. The van der Waals surface area contributed by atoms with Crippen LogP contribution in [0.2, 0.25) is 10.0 Å².